The second kappa shape index (κ2) is 11.6. The molecule has 0 bridgehead atoms. The smallest absolute Gasteiger partial charge is 0.328 e. The second-order valence-corrected chi connectivity index (χ2v) is 9.18. The first-order chi connectivity index (χ1) is 18.9. The van der Waals surface area contributed by atoms with Crippen LogP contribution in [-0.2, 0) is 16.0 Å². The van der Waals surface area contributed by atoms with Crippen molar-refractivity contribution in [3.05, 3.63) is 108 Å². The van der Waals surface area contributed by atoms with Gasteiger partial charge >= 0.3 is 5.97 Å². The highest BCUT2D eigenvalue weighted by molar-refractivity contribution is 6.00. The summed E-state index contributed by atoms with van der Waals surface area (Å²) in [5.74, 6) is -0.255. The minimum Gasteiger partial charge on any atom is -0.493 e. The van der Waals surface area contributed by atoms with Gasteiger partial charge in [-0.1, -0.05) is 48.5 Å². The number of benzene rings is 3. The predicted octanol–water partition coefficient (Wildman–Crippen LogP) is 6.05. The average molecular weight is 519 g/mol. The van der Waals surface area contributed by atoms with Crippen molar-refractivity contribution < 1.29 is 24.2 Å². The predicted molar refractivity (Wildman–Crippen MR) is 150 cm³/mol. The molecule has 4 aromatic rings. The van der Waals surface area contributed by atoms with Crippen molar-refractivity contribution in [3.8, 4) is 28.1 Å². The van der Waals surface area contributed by atoms with E-state index in [9.17, 15) is 14.4 Å². The molecule has 0 saturated heterocycles. The van der Waals surface area contributed by atoms with Crippen LogP contribution in [0.25, 0.3) is 28.5 Å². The Morgan fingerprint density at radius 2 is 1.69 bits per heavy atom. The van der Waals surface area contributed by atoms with Gasteiger partial charge in [0.25, 0.3) is 0 Å². The third-order valence-corrected chi connectivity index (χ3v) is 6.39. The molecular weight excluding hydrogens is 492 g/mol. The Balaban J connectivity index is 1.35. The number of Topliss-reactive ketones (excluding diaryl/α,β-unsaturated/α-hetero) is 1. The lowest BCUT2D eigenvalue weighted by Crippen LogP contribution is -2.14. The molecule has 3 aromatic carbocycles. The van der Waals surface area contributed by atoms with Crippen molar-refractivity contribution >= 4 is 29.6 Å². The molecule has 0 spiro atoms. The number of aliphatic carboxylic acids is 1. The Morgan fingerprint density at radius 1 is 0.872 bits per heavy atom. The number of fused-ring (bicyclic) bond motifs is 1. The monoisotopic (exact) mass is 518 g/mol. The summed E-state index contributed by atoms with van der Waals surface area (Å²) in [5, 5.41) is 11.8. The number of ketones is 1. The number of carbonyl (C=O) groups is 3. The van der Waals surface area contributed by atoms with E-state index in [1.807, 2.05) is 72.8 Å². The maximum atomic E-state index is 12.8. The quantitative estimate of drug-likeness (QED) is 0.206. The number of anilines is 1. The Kier molecular flexibility index (Phi) is 7.59. The van der Waals surface area contributed by atoms with Crippen molar-refractivity contribution in [1.82, 2.24) is 4.98 Å². The summed E-state index contributed by atoms with van der Waals surface area (Å²) in [7, 11) is 0. The van der Waals surface area contributed by atoms with Gasteiger partial charge in [0, 0.05) is 36.5 Å². The normalized spacial score (nSPS) is 12.1. The summed E-state index contributed by atoms with van der Waals surface area (Å²) in [6.07, 6.45) is 3.49. The number of carbonyl (C=O) groups excluding carboxylic acids is 2. The topological polar surface area (TPSA) is 106 Å². The van der Waals surface area contributed by atoms with Crippen molar-refractivity contribution in [2.75, 3.05) is 11.9 Å². The molecule has 7 heteroatoms. The molecule has 39 heavy (non-hydrogen) atoms. The van der Waals surface area contributed by atoms with Crippen LogP contribution in [0.2, 0.25) is 0 Å². The number of hydrogen-bond acceptors (Lipinski definition) is 5. The van der Waals surface area contributed by atoms with Crippen LogP contribution in [0.15, 0.2) is 91.0 Å². The van der Waals surface area contributed by atoms with Crippen LogP contribution < -0.4 is 10.1 Å². The molecule has 0 fully saturated rings. The van der Waals surface area contributed by atoms with Crippen LogP contribution in [-0.4, -0.2) is 34.4 Å². The fourth-order valence-electron chi connectivity index (χ4n) is 4.44. The van der Waals surface area contributed by atoms with Crippen molar-refractivity contribution in [3.63, 3.8) is 0 Å². The molecule has 0 aliphatic carbocycles. The first-order valence-corrected chi connectivity index (χ1v) is 12.6. The van der Waals surface area contributed by atoms with E-state index in [0.717, 1.165) is 46.1 Å². The molecule has 2 N–H and O–H groups in total. The zero-order valence-corrected chi connectivity index (χ0v) is 21.1. The van der Waals surface area contributed by atoms with Gasteiger partial charge in [-0.3, -0.25) is 9.59 Å². The Hall–Kier alpha value is -5.04. The summed E-state index contributed by atoms with van der Waals surface area (Å²) < 4.78 is 5.50. The fourth-order valence-corrected chi connectivity index (χ4v) is 4.44. The molecule has 2 heterocycles. The molecule has 1 aromatic heterocycles. The second-order valence-electron chi connectivity index (χ2n) is 9.18. The number of ether oxygens (including phenoxy) is 1. The van der Waals surface area contributed by atoms with Gasteiger partial charge in [0.05, 0.1) is 12.3 Å². The highest BCUT2D eigenvalue weighted by Crippen LogP contribution is 2.29. The molecule has 0 saturated carbocycles. The van der Waals surface area contributed by atoms with Crippen LogP contribution in [0.3, 0.4) is 0 Å². The number of nitrogens with zero attached hydrogens (tertiary/aromatic N) is 1. The van der Waals surface area contributed by atoms with Crippen LogP contribution in [0.4, 0.5) is 5.82 Å². The van der Waals surface area contributed by atoms with E-state index in [1.165, 1.54) is 6.08 Å². The van der Waals surface area contributed by atoms with Crippen LogP contribution >= 0.6 is 0 Å². The molecule has 7 nitrogen and oxygen atoms in total. The average Bonchev–Trinajstić information content (AvgIpc) is 3.43. The van der Waals surface area contributed by atoms with E-state index in [-0.39, 0.29) is 24.5 Å². The molecule has 0 radical (unpaired) electrons. The highest BCUT2D eigenvalue weighted by atomic mass is 16.5. The van der Waals surface area contributed by atoms with Crippen LogP contribution in [0.1, 0.15) is 34.3 Å². The zero-order chi connectivity index (χ0) is 27.2. The van der Waals surface area contributed by atoms with E-state index >= 15 is 0 Å². The molecule has 194 valence electrons. The van der Waals surface area contributed by atoms with Gasteiger partial charge in [0.1, 0.15) is 11.6 Å². The minimum absolute atomic E-state index is 0.0223. The number of rotatable bonds is 9. The third-order valence-electron chi connectivity index (χ3n) is 6.39. The third kappa shape index (κ3) is 6.45. The number of carboxylic acids is 1. The molecule has 1 aliphatic heterocycles. The van der Waals surface area contributed by atoms with Gasteiger partial charge < -0.3 is 15.2 Å². The summed E-state index contributed by atoms with van der Waals surface area (Å²) in [5.41, 5.74) is 5.53. The van der Waals surface area contributed by atoms with Gasteiger partial charge in [0.15, 0.2) is 5.78 Å². The summed E-state index contributed by atoms with van der Waals surface area (Å²) in [6.45, 7) is 0.621. The van der Waals surface area contributed by atoms with Gasteiger partial charge in [-0.2, -0.15) is 0 Å². The largest absolute Gasteiger partial charge is 0.493 e. The van der Waals surface area contributed by atoms with E-state index in [2.05, 4.69) is 10.3 Å². The first-order valence-electron chi connectivity index (χ1n) is 12.6. The fraction of sp³-hybridized carbons (Fsp3) is 0.125. The van der Waals surface area contributed by atoms with Crippen molar-refractivity contribution in [2.45, 2.75) is 19.3 Å². The Labute approximate surface area is 225 Å². The van der Waals surface area contributed by atoms with Gasteiger partial charge in [-0.25, -0.2) is 9.78 Å². The lowest BCUT2D eigenvalue weighted by Gasteiger charge is -2.11. The molecular formula is C32H26N2O5. The number of hydrogen-bond donors (Lipinski definition) is 2. The number of pyridine rings is 1. The Morgan fingerprint density at radius 3 is 2.51 bits per heavy atom. The molecule has 5 rings (SSSR count). The van der Waals surface area contributed by atoms with Crippen LogP contribution in [0.5, 0.6) is 5.75 Å². The highest BCUT2D eigenvalue weighted by Gasteiger charge is 2.16. The molecule has 1 amide bonds. The maximum Gasteiger partial charge on any atom is 0.328 e. The molecule has 1 aliphatic rings. The Bertz CT molecular complexity index is 1580. The standard InChI is InChI=1S/C32H26N2O5/c35-28(24-10-12-29-25(18-24)15-16-39-29)11-13-31(36)34-30-20-26(19-27(33-30)22-6-2-1-3-7-22)23-8-4-5-21(17-23)9-14-32(37)38/h1-10,12,14,17-20H,11,13,15-16H2,(H,37,38)(H,33,34,36)/b14-9+. The maximum absolute atomic E-state index is 12.8. The number of aromatic nitrogens is 1. The van der Waals surface area contributed by atoms with E-state index < -0.39 is 5.97 Å². The minimum atomic E-state index is -1.02. The lowest BCUT2D eigenvalue weighted by atomic mass is 10.0. The number of carboxylic acid groups (broad SMARTS) is 1. The molecule has 0 atom stereocenters. The molecule has 0 unspecified atom stereocenters. The SMILES string of the molecule is O=C(O)/C=C/c1cccc(-c2cc(NC(=O)CCC(=O)c3ccc4c(c3)CCO4)nc(-c3ccccc3)c2)c1. The van der Waals surface area contributed by atoms with Gasteiger partial charge in [0.2, 0.25) is 5.91 Å². The van der Waals surface area contributed by atoms with E-state index in [1.54, 1.807) is 12.1 Å². The van der Waals surface area contributed by atoms with E-state index in [4.69, 9.17) is 9.84 Å². The summed E-state index contributed by atoms with van der Waals surface area (Å²) >= 11 is 0. The lowest BCUT2D eigenvalue weighted by molar-refractivity contribution is -0.131. The van der Waals surface area contributed by atoms with E-state index in [0.29, 0.717) is 23.7 Å². The van der Waals surface area contributed by atoms with Crippen LogP contribution in [0, 0.1) is 0 Å². The van der Waals surface area contributed by atoms with Gasteiger partial charge in [-0.05, 0) is 64.7 Å². The number of amides is 1. The summed E-state index contributed by atoms with van der Waals surface area (Å²) in [4.78, 5) is 41.2. The first kappa shape index (κ1) is 25.6. The number of nitrogens with one attached hydrogen (secondary N) is 1. The zero-order valence-electron chi connectivity index (χ0n) is 21.1. The van der Waals surface area contributed by atoms with Crippen molar-refractivity contribution in [1.29, 1.82) is 0 Å². The van der Waals surface area contributed by atoms with Gasteiger partial charge in [-0.15, -0.1) is 0 Å². The van der Waals surface area contributed by atoms with Crippen molar-refractivity contribution in [2.24, 2.45) is 0 Å². The summed E-state index contributed by atoms with van der Waals surface area (Å²) in [6, 6.07) is 26.1.